The largest absolute Gasteiger partial charge is 0.461 e. The summed E-state index contributed by atoms with van der Waals surface area (Å²) in [6.45, 7) is 5.49. The first kappa shape index (κ1) is 15.3. The molecule has 0 atom stereocenters. The van der Waals surface area contributed by atoms with Gasteiger partial charge in [0.2, 0.25) is 0 Å². The second kappa shape index (κ2) is 6.11. The average Bonchev–Trinajstić information content (AvgIpc) is 2.82. The van der Waals surface area contributed by atoms with Gasteiger partial charge in [-0.2, -0.15) is 0 Å². The summed E-state index contributed by atoms with van der Waals surface area (Å²) < 4.78 is 10.9. The van der Waals surface area contributed by atoms with Gasteiger partial charge in [-0.05, 0) is 38.5 Å². The third-order valence-electron chi connectivity index (χ3n) is 3.17. The predicted molar refractivity (Wildman–Crippen MR) is 80.6 cm³/mol. The maximum absolute atomic E-state index is 11.4. The van der Waals surface area contributed by atoms with Crippen LogP contribution in [0.1, 0.15) is 16.9 Å². The van der Waals surface area contributed by atoms with Gasteiger partial charge in [0, 0.05) is 22.4 Å². The van der Waals surface area contributed by atoms with E-state index in [0.29, 0.717) is 5.58 Å². The van der Waals surface area contributed by atoms with Crippen molar-refractivity contribution in [3.05, 3.63) is 45.5 Å². The Morgan fingerprint density at radius 2 is 1.62 bits per heavy atom. The first-order valence-electron chi connectivity index (χ1n) is 6.64. The molecule has 2 heterocycles. The van der Waals surface area contributed by atoms with E-state index in [4.69, 9.17) is 19.0 Å². The van der Waals surface area contributed by atoms with Gasteiger partial charge in [0.25, 0.3) is 0 Å². The molecule has 0 unspecified atom stereocenters. The van der Waals surface area contributed by atoms with Crippen LogP contribution in [0.4, 0.5) is 0 Å². The molecule has 21 heavy (non-hydrogen) atoms. The number of aryl methyl sites for hydroxylation is 3. The zero-order valence-electron chi connectivity index (χ0n) is 12.3. The van der Waals surface area contributed by atoms with Gasteiger partial charge < -0.3 is 19.0 Å². The summed E-state index contributed by atoms with van der Waals surface area (Å²) in [6.07, 6.45) is 0. The van der Waals surface area contributed by atoms with Crippen molar-refractivity contribution in [2.45, 2.75) is 20.8 Å². The summed E-state index contributed by atoms with van der Waals surface area (Å²) in [5.41, 5.74) is 2.91. The van der Waals surface area contributed by atoms with E-state index in [9.17, 15) is 4.79 Å². The minimum Gasteiger partial charge on any atom is -0.461 e. The SMILES string of the molecule is Cc1cc2cc3c(C)cc(=O)oc3c(C)c2o1.OCCO. The molecule has 3 rings (SSSR count). The molecule has 0 aliphatic carbocycles. The Kier molecular flexibility index (Phi) is 4.45. The maximum atomic E-state index is 11.4. The first-order chi connectivity index (χ1) is 9.97. The van der Waals surface area contributed by atoms with E-state index in [1.807, 2.05) is 32.9 Å². The van der Waals surface area contributed by atoms with Gasteiger partial charge in [-0.3, -0.25) is 0 Å². The number of benzene rings is 1. The fourth-order valence-corrected chi connectivity index (χ4v) is 2.27. The van der Waals surface area contributed by atoms with Crippen molar-refractivity contribution in [1.82, 2.24) is 0 Å². The molecule has 2 N–H and O–H groups in total. The van der Waals surface area contributed by atoms with Crippen molar-refractivity contribution in [2.24, 2.45) is 0 Å². The Balaban J connectivity index is 0.000000361. The second-order valence-electron chi connectivity index (χ2n) is 4.85. The molecule has 0 aliphatic rings. The van der Waals surface area contributed by atoms with Gasteiger partial charge in [-0.1, -0.05) is 0 Å². The molecule has 5 nitrogen and oxygen atoms in total. The van der Waals surface area contributed by atoms with Crippen LogP contribution >= 0.6 is 0 Å². The summed E-state index contributed by atoms with van der Waals surface area (Å²) in [6, 6.07) is 5.51. The zero-order chi connectivity index (χ0) is 15.6. The summed E-state index contributed by atoms with van der Waals surface area (Å²) in [7, 11) is 0. The molecular weight excluding hydrogens is 272 g/mol. The first-order valence-corrected chi connectivity index (χ1v) is 6.64. The minimum absolute atomic E-state index is 0.125. The van der Waals surface area contributed by atoms with Crippen LogP contribution in [0.5, 0.6) is 0 Å². The van der Waals surface area contributed by atoms with Crippen molar-refractivity contribution >= 4 is 21.9 Å². The Morgan fingerprint density at radius 3 is 2.24 bits per heavy atom. The van der Waals surface area contributed by atoms with E-state index in [-0.39, 0.29) is 18.8 Å². The van der Waals surface area contributed by atoms with Crippen molar-refractivity contribution in [2.75, 3.05) is 13.2 Å². The lowest BCUT2D eigenvalue weighted by Crippen LogP contribution is -1.98. The van der Waals surface area contributed by atoms with Crippen LogP contribution in [0, 0.1) is 20.8 Å². The summed E-state index contributed by atoms with van der Waals surface area (Å²) in [5, 5.41) is 17.3. The maximum Gasteiger partial charge on any atom is 0.336 e. The lowest BCUT2D eigenvalue weighted by atomic mass is 10.1. The summed E-state index contributed by atoms with van der Waals surface area (Å²) >= 11 is 0. The van der Waals surface area contributed by atoms with Crippen LogP contribution in [0.3, 0.4) is 0 Å². The molecule has 0 bridgehead atoms. The van der Waals surface area contributed by atoms with Gasteiger partial charge in [0.1, 0.15) is 16.9 Å². The molecule has 0 saturated carbocycles. The molecule has 0 radical (unpaired) electrons. The Morgan fingerprint density at radius 1 is 0.952 bits per heavy atom. The van der Waals surface area contributed by atoms with Crippen LogP contribution in [0.25, 0.3) is 21.9 Å². The number of fused-ring (bicyclic) bond motifs is 2. The molecule has 5 heteroatoms. The van der Waals surface area contributed by atoms with Crippen molar-refractivity contribution in [3.8, 4) is 0 Å². The smallest absolute Gasteiger partial charge is 0.336 e. The second-order valence-corrected chi connectivity index (χ2v) is 4.85. The van der Waals surface area contributed by atoms with Crippen LogP contribution in [0.15, 0.2) is 31.8 Å². The van der Waals surface area contributed by atoms with E-state index < -0.39 is 0 Å². The molecule has 112 valence electrons. The number of furan rings is 1. The minimum atomic E-state index is -0.319. The number of hydrogen-bond acceptors (Lipinski definition) is 5. The standard InChI is InChI=1S/C14H12O3.C2H6O2/c1-7-4-12(15)17-14-9(3)13-10(6-11(7)14)5-8(2)16-13;3-1-2-4/h4-6H,1-3H3;3-4H,1-2H2. The van der Waals surface area contributed by atoms with Crippen molar-refractivity contribution < 1.29 is 19.0 Å². The van der Waals surface area contributed by atoms with Crippen molar-refractivity contribution in [1.29, 1.82) is 0 Å². The van der Waals surface area contributed by atoms with Crippen molar-refractivity contribution in [3.63, 3.8) is 0 Å². The Bertz CT molecular complexity index is 824. The van der Waals surface area contributed by atoms with Gasteiger partial charge in [-0.15, -0.1) is 0 Å². The number of hydrogen-bond donors (Lipinski definition) is 2. The predicted octanol–water partition coefficient (Wildman–Crippen LogP) is 2.44. The molecule has 0 amide bonds. The lowest BCUT2D eigenvalue weighted by Gasteiger charge is -2.03. The highest BCUT2D eigenvalue weighted by atomic mass is 16.4. The lowest BCUT2D eigenvalue weighted by molar-refractivity contribution is 0.186. The number of aliphatic hydroxyl groups is 2. The Labute approximate surface area is 121 Å². The third-order valence-corrected chi connectivity index (χ3v) is 3.17. The third kappa shape index (κ3) is 2.99. The van der Waals surface area contributed by atoms with E-state index in [2.05, 4.69) is 0 Å². The molecule has 3 aromatic rings. The van der Waals surface area contributed by atoms with Crippen LogP contribution in [0.2, 0.25) is 0 Å². The van der Waals surface area contributed by atoms with Gasteiger partial charge >= 0.3 is 5.63 Å². The fraction of sp³-hybridized carbons (Fsp3) is 0.312. The molecule has 0 saturated heterocycles. The number of aliphatic hydroxyl groups excluding tert-OH is 2. The van der Waals surface area contributed by atoms with Crippen LogP contribution in [-0.2, 0) is 0 Å². The van der Waals surface area contributed by atoms with Crippen LogP contribution in [-0.4, -0.2) is 23.4 Å². The van der Waals surface area contributed by atoms with E-state index in [1.165, 1.54) is 6.07 Å². The highest BCUT2D eigenvalue weighted by Crippen LogP contribution is 2.30. The van der Waals surface area contributed by atoms with Gasteiger partial charge in [0.05, 0.1) is 13.2 Å². The molecular formula is C16H18O5. The molecule has 2 aromatic heterocycles. The van der Waals surface area contributed by atoms with Gasteiger partial charge in [-0.25, -0.2) is 4.79 Å². The van der Waals surface area contributed by atoms with E-state index in [0.717, 1.165) is 33.2 Å². The molecule has 1 aromatic carbocycles. The van der Waals surface area contributed by atoms with Crippen LogP contribution < -0.4 is 5.63 Å². The highest BCUT2D eigenvalue weighted by Gasteiger charge is 2.12. The monoisotopic (exact) mass is 290 g/mol. The zero-order valence-corrected chi connectivity index (χ0v) is 12.3. The quantitative estimate of drug-likeness (QED) is 0.672. The van der Waals surface area contributed by atoms with E-state index in [1.54, 1.807) is 0 Å². The molecule has 0 fully saturated rings. The fourth-order valence-electron chi connectivity index (χ4n) is 2.27. The normalized spacial score (nSPS) is 10.7. The summed E-state index contributed by atoms with van der Waals surface area (Å²) in [5.74, 6) is 0.860. The number of rotatable bonds is 1. The summed E-state index contributed by atoms with van der Waals surface area (Å²) in [4.78, 5) is 11.4. The average molecular weight is 290 g/mol. The van der Waals surface area contributed by atoms with E-state index >= 15 is 0 Å². The highest BCUT2D eigenvalue weighted by molar-refractivity contribution is 5.98. The molecule has 0 aliphatic heterocycles. The Hall–Kier alpha value is -2.11. The topological polar surface area (TPSA) is 83.8 Å². The molecule has 0 spiro atoms. The van der Waals surface area contributed by atoms with Gasteiger partial charge in [0.15, 0.2) is 0 Å².